The Morgan fingerprint density at radius 1 is 1.07 bits per heavy atom. The van der Waals surface area contributed by atoms with E-state index in [1.165, 1.54) is 16.4 Å². The van der Waals surface area contributed by atoms with Gasteiger partial charge in [0.15, 0.2) is 0 Å². The molecule has 9 heteroatoms. The van der Waals surface area contributed by atoms with Crippen molar-refractivity contribution in [2.45, 2.75) is 19.4 Å². The van der Waals surface area contributed by atoms with Crippen LogP contribution in [0.4, 0.5) is 15.8 Å². The van der Waals surface area contributed by atoms with Crippen molar-refractivity contribution in [2.75, 3.05) is 41.6 Å². The Morgan fingerprint density at radius 2 is 1.63 bits per heavy atom. The summed E-state index contributed by atoms with van der Waals surface area (Å²) in [6.07, 6.45) is 1.44. The van der Waals surface area contributed by atoms with E-state index < -0.39 is 16.1 Å². The van der Waals surface area contributed by atoms with Crippen molar-refractivity contribution < 1.29 is 17.6 Å². The Hall–Kier alpha value is -2.32. The third-order valence-electron chi connectivity index (χ3n) is 5.18. The Bertz CT molecular complexity index is 976. The van der Waals surface area contributed by atoms with Crippen LogP contribution in [0.2, 0.25) is 5.02 Å². The molecule has 1 atom stereocenters. The van der Waals surface area contributed by atoms with Crippen molar-refractivity contribution in [3.63, 3.8) is 0 Å². The average molecular weight is 454 g/mol. The highest BCUT2D eigenvalue weighted by Gasteiger charge is 2.35. The van der Waals surface area contributed by atoms with Gasteiger partial charge in [0.05, 0.1) is 11.9 Å². The first-order valence-electron chi connectivity index (χ1n) is 9.75. The van der Waals surface area contributed by atoms with Crippen LogP contribution in [0.3, 0.4) is 0 Å². The quantitative estimate of drug-likeness (QED) is 0.672. The molecule has 3 rings (SSSR count). The van der Waals surface area contributed by atoms with E-state index in [0.717, 1.165) is 11.9 Å². The summed E-state index contributed by atoms with van der Waals surface area (Å²) in [6.45, 7) is 3.91. The van der Waals surface area contributed by atoms with Crippen molar-refractivity contribution in [2.24, 2.45) is 0 Å². The first-order chi connectivity index (χ1) is 14.2. The number of nitrogens with zero attached hydrogens (tertiary/aromatic N) is 3. The van der Waals surface area contributed by atoms with Gasteiger partial charge in [-0.25, -0.2) is 12.8 Å². The predicted octanol–water partition coefficient (Wildman–Crippen LogP) is 3.37. The van der Waals surface area contributed by atoms with Gasteiger partial charge in [0.25, 0.3) is 0 Å². The van der Waals surface area contributed by atoms with Crippen molar-refractivity contribution in [3.8, 4) is 0 Å². The predicted molar refractivity (Wildman–Crippen MR) is 118 cm³/mol. The van der Waals surface area contributed by atoms with E-state index in [1.54, 1.807) is 48.2 Å². The van der Waals surface area contributed by atoms with E-state index in [9.17, 15) is 17.6 Å². The zero-order valence-corrected chi connectivity index (χ0v) is 18.5. The standard InChI is InChI=1S/C21H25ClFN3O3S/c1-3-20(26(30(2,28)29)19-8-4-16(22)5-9-19)21(27)25-14-12-24(13-15-25)18-10-6-17(23)7-11-18/h4-11,20H,3,12-15H2,1-2H3/t20-/m1/s1. The van der Waals surface area contributed by atoms with Crippen LogP contribution in [0.25, 0.3) is 0 Å². The van der Waals surface area contributed by atoms with Crippen molar-refractivity contribution in [1.82, 2.24) is 4.90 Å². The van der Waals surface area contributed by atoms with Crippen LogP contribution in [-0.4, -0.2) is 57.7 Å². The summed E-state index contributed by atoms with van der Waals surface area (Å²) in [7, 11) is -3.69. The summed E-state index contributed by atoms with van der Waals surface area (Å²) in [5.74, 6) is -0.516. The number of piperazine rings is 1. The normalized spacial score (nSPS) is 15.7. The van der Waals surface area contributed by atoms with E-state index >= 15 is 0 Å². The number of rotatable bonds is 6. The summed E-state index contributed by atoms with van der Waals surface area (Å²) >= 11 is 5.93. The van der Waals surface area contributed by atoms with Crippen molar-refractivity contribution >= 4 is 38.9 Å². The molecule has 6 nitrogen and oxygen atoms in total. The molecule has 2 aromatic carbocycles. The highest BCUT2D eigenvalue weighted by molar-refractivity contribution is 7.92. The summed E-state index contributed by atoms with van der Waals surface area (Å²) in [4.78, 5) is 17.0. The fraction of sp³-hybridized carbons (Fsp3) is 0.381. The molecule has 162 valence electrons. The summed E-state index contributed by atoms with van der Waals surface area (Å²) < 4.78 is 39.4. The van der Waals surface area contributed by atoms with Gasteiger partial charge < -0.3 is 9.80 Å². The van der Waals surface area contributed by atoms with Crippen LogP contribution >= 0.6 is 11.6 Å². The molecule has 1 aliphatic heterocycles. The van der Waals surface area contributed by atoms with Crippen LogP contribution in [-0.2, 0) is 14.8 Å². The second-order valence-electron chi connectivity index (χ2n) is 7.25. The Labute approximate surface area is 181 Å². The lowest BCUT2D eigenvalue weighted by Gasteiger charge is -2.39. The number of sulfonamides is 1. The molecular weight excluding hydrogens is 429 g/mol. The van der Waals surface area contributed by atoms with Crippen LogP contribution in [0.5, 0.6) is 0 Å². The topological polar surface area (TPSA) is 60.9 Å². The highest BCUT2D eigenvalue weighted by atomic mass is 35.5. The lowest BCUT2D eigenvalue weighted by atomic mass is 10.1. The number of benzene rings is 2. The summed E-state index contributed by atoms with van der Waals surface area (Å²) in [6, 6.07) is 11.8. The largest absolute Gasteiger partial charge is 0.368 e. The molecule has 0 bridgehead atoms. The number of hydrogen-bond acceptors (Lipinski definition) is 4. The van der Waals surface area contributed by atoms with E-state index in [4.69, 9.17) is 11.6 Å². The molecule has 1 aliphatic rings. The Morgan fingerprint density at radius 3 is 2.13 bits per heavy atom. The number of anilines is 2. The Kier molecular flexibility index (Phi) is 6.88. The number of carbonyl (C=O) groups excluding carboxylic acids is 1. The highest BCUT2D eigenvalue weighted by Crippen LogP contribution is 2.26. The molecule has 1 amide bonds. The van der Waals surface area contributed by atoms with Gasteiger partial charge >= 0.3 is 0 Å². The molecule has 1 saturated heterocycles. The minimum atomic E-state index is -3.69. The van der Waals surface area contributed by atoms with Crippen LogP contribution in [0.15, 0.2) is 48.5 Å². The monoisotopic (exact) mass is 453 g/mol. The second-order valence-corrected chi connectivity index (χ2v) is 9.54. The van der Waals surface area contributed by atoms with Gasteiger partial charge in [-0.05, 0) is 55.0 Å². The van der Waals surface area contributed by atoms with Gasteiger partial charge in [-0.15, -0.1) is 0 Å². The van der Waals surface area contributed by atoms with E-state index in [0.29, 0.717) is 43.3 Å². The van der Waals surface area contributed by atoms with Gasteiger partial charge in [0, 0.05) is 36.9 Å². The number of amides is 1. The van der Waals surface area contributed by atoms with Crippen molar-refractivity contribution in [1.29, 1.82) is 0 Å². The first kappa shape index (κ1) is 22.4. The third kappa shape index (κ3) is 5.05. The maximum atomic E-state index is 13.3. The minimum absolute atomic E-state index is 0.225. The van der Waals surface area contributed by atoms with Crippen LogP contribution in [0, 0.1) is 5.82 Å². The third-order valence-corrected chi connectivity index (χ3v) is 6.61. The number of halogens is 2. The van der Waals surface area contributed by atoms with E-state index in [2.05, 4.69) is 4.90 Å². The molecule has 0 unspecified atom stereocenters. The molecule has 0 spiro atoms. The zero-order chi connectivity index (χ0) is 21.9. The van der Waals surface area contributed by atoms with Crippen LogP contribution in [0.1, 0.15) is 13.3 Å². The number of hydrogen-bond donors (Lipinski definition) is 0. The van der Waals surface area contributed by atoms with Gasteiger partial charge in [-0.3, -0.25) is 9.10 Å². The first-order valence-corrected chi connectivity index (χ1v) is 12.0. The molecule has 0 aromatic heterocycles. The van der Waals surface area contributed by atoms with Crippen LogP contribution < -0.4 is 9.21 Å². The lowest BCUT2D eigenvalue weighted by molar-refractivity contribution is -0.132. The molecule has 0 radical (unpaired) electrons. The molecule has 0 aliphatic carbocycles. The smallest absolute Gasteiger partial charge is 0.246 e. The van der Waals surface area contributed by atoms with Crippen molar-refractivity contribution in [3.05, 3.63) is 59.4 Å². The molecule has 0 N–H and O–H groups in total. The van der Waals surface area contributed by atoms with Gasteiger partial charge in [0.2, 0.25) is 15.9 Å². The second kappa shape index (κ2) is 9.22. The van der Waals surface area contributed by atoms with E-state index in [1.807, 2.05) is 0 Å². The van der Waals surface area contributed by atoms with Gasteiger partial charge in [-0.1, -0.05) is 18.5 Å². The van der Waals surface area contributed by atoms with Gasteiger partial charge in [0.1, 0.15) is 11.9 Å². The molecule has 2 aromatic rings. The SMILES string of the molecule is CC[C@H](C(=O)N1CCN(c2ccc(F)cc2)CC1)N(c1ccc(Cl)cc1)S(C)(=O)=O. The fourth-order valence-corrected chi connectivity index (χ4v) is 5.01. The maximum absolute atomic E-state index is 13.3. The molecule has 0 saturated carbocycles. The molecular formula is C21H25ClFN3O3S. The zero-order valence-electron chi connectivity index (χ0n) is 17.0. The summed E-state index contributed by atoms with van der Waals surface area (Å²) in [5.41, 5.74) is 1.31. The van der Waals surface area contributed by atoms with E-state index in [-0.39, 0.29) is 11.7 Å². The lowest BCUT2D eigenvalue weighted by Crippen LogP contribution is -2.56. The number of carbonyl (C=O) groups is 1. The fourth-order valence-electron chi connectivity index (χ4n) is 3.68. The minimum Gasteiger partial charge on any atom is -0.368 e. The Balaban J connectivity index is 1.76. The maximum Gasteiger partial charge on any atom is 0.246 e. The summed E-state index contributed by atoms with van der Waals surface area (Å²) in [5, 5.41) is 0.489. The average Bonchev–Trinajstić information content (AvgIpc) is 2.72. The molecule has 1 fully saturated rings. The van der Waals surface area contributed by atoms with Gasteiger partial charge in [-0.2, -0.15) is 0 Å². The molecule has 30 heavy (non-hydrogen) atoms. The molecule has 1 heterocycles.